The van der Waals surface area contributed by atoms with Gasteiger partial charge in [0.25, 0.3) is 0 Å². The summed E-state index contributed by atoms with van der Waals surface area (Å²) in [6.07, 6.45) is 4.54. The predicted octanol–water partition coefficient (Wildman–Crippen LogP) is 5.64. The third kappa shape index (κ3) is 4.22. The molecule has 2 aliphatic rings. The van der Waals surface area contributed by atoms with E-state index in [-0.39, 0.29) is 12.1 Å². The lowest BCUT2D eigenvalue weighted by atomic mass is 9.80. The van der Waals surface area contributed by atoms with Crippen molar-refractivity contribution < 1.29 is 14.2 Å². The number of benzene rings is 3. The van der Waals surface area contributed by atoms with Crippen LogP contribution in [0.15, 0.2) is 104 Å². The number of hydrogen-bond donors (Lipinski definition) is 1. The summed E-state index contributed by atoms with van der Waals surface area (Å²) in [5.74, 6) is -0.421. The Labute approximate surface area is 239 Å². The highest BCUT2D eigenvalue weighted by molar-refractivity contribution is 5.81. The van der Waals surface area contributed by atoms with Gasteiger partial charge in [-0.3, -0.25) is 0 Å². The van der Waals surface area contributed by atoms with Gasteiger partial charge >= 0.3 is 0 Å². The first-order chi connectivity index (χ1) is 19.9. The van der Waals surface area contributed by atoms with Crippen LogP contribution in [0.2, 0.25) is 0 Å². The minimum atomic E-state index is -0.860. The number of hydrogen-bond acceptors (Lipinski definition) is 7. The number of ether oxygens (including phenoxy) is 3. The van der Waals surface area contributed by atoms with E-state index in [4.69, 9.17) is 19.9 Å². The molecule has 8 nitrogen and oxygen atoms in total. The second-order valence-electron chi connectivity index (χ2n) is 11.4. The summed E-state index contributed by atoms with van der Waals surface area (Å²) in [6, 6.07) is 31.2. The summed E-state index contributed by atoms with van der Waals surface area (Å²) >= 11 is 0. The molecule has 1 saturated heterocycles. The molecule has 3 atom stereocenters. The molecule has 2 fully saturated rings. The van der Waals surface area contributed by atoms with Gasteiger partial charge in [-0.25, -0.2) is 15.0 Å². The van der Waals surface area contributed by atoms with Gasteiger partial charge in [0.15, 0.2) is 17.3 Å². The Kier molecular flexibility index (Phi) is 6.15. The van der Waals surface area contributed by atoms with E-state index in [1.54, 1.807) is 6.33 Å². The predicted molar refractivity (Wildman–Crippen MR) is 156 cm³/mol. The quantitative estimate of drug-likeness (QED) is 0.263. The molecule has 0 radical (unpaired) electrons. The number of nitrogens with two attached hydrogens (primary N) is 1. The number of imidazole rings is 1. The summed E-state index contributed by atoms with van der Waals surface area (Å²) in [5.41, 5.74) is 8.98. The number of anilines is 1. The Morgan fingerprint density at radius 1 is 0.878 bits per heavy atom. The standard InChI is InChI=1S/C33H33N5O3/c1-31(2)40-28-26(38-22-37-27-29(34)35-21-36-30(27)38)18-19-32(28,41-31)20-39-33(23-12-6-3-7-13-23,24-14-8-4-9-15-24)25-16-10-5-11-17-25/h3-17,21-22,26,28H,18-20H2,1-2H3,(H2,34,35,36)/t26-,28+,32+/m1/s1. The van der Waals surface area contributed by atoms with Gasteiger partial charge in [0.05, 0.1) is 19.0 Å². The first-order valence-corrected chi connectivity index (χ1v) is 14.0. The summed E-state index contributed by atoms with van der Waals surface area (Å²) in [7, 11) is 0. The van der Waals surface area contributed by atoms with Crippen molar-refractivity contribution in [1.82, 2.24) is 19.5 Å². The lowest BCUT2D eigenvalue weighted by Gasteiger charge is -2.39. The second-order valence-corrected chi connectivity index (χ2v) is 11.4. The highest BCUT2D eigenvalue weighted by Gasteiger charge is 2.61. The Hall–Kier alpha value is -4.11. The van der Waals surface area contributed by atoms with E-state index in [2.05, 4.69) is 92.3 Å². The Balaban J connectivity index is 1.32. The van der Waals surface area contributed by atoms with Gasteiger partial charge in [0, 0.05) is 0 Å². The molecule has 7 rings (SSSR count). The molecule has 41 heavy (non-hydrogen) atoms. The first-order valence-electron chi connectivity index (χ1n) is 14.0. The van der Waals surface area contributed by atoms with Crippen LogP contribution in [-0.2, 0) is 19.8 Å². The monoisotopic (exact) mass is 547 g/mol. The van der Waals surface area contributed by atoms with E-state index < -0.39 is 17.0 Å². The second kappa shape index (κ2) is 9.76. The number of nitrogens with zero attached hydrogens (tertiary/aromatic N) is 4. The topological polar surface area (TPSA) is 97.3 Å². The number of nitrogen functional groups attached to an aromatic ring is 1. The molecule has 5 aromatic rings. The highest BCUT2D eigenvalue weighted by atomic mass is 16.8. The Morgan fingerprint density at radius 2 is 1.46 bits per heavy atom. The molecule has 2 N–H and O–H groups in total. The SMILES string of the molecule is CC1(C)O[C@H]2[C@H](n3cnc4c(N)ncnc43)CC[C@@]2(COC(c2ccccc2)(c2ccccc2)c2ccccc2)O1. The molecule has 1 aliphatic heterocycles. The minimum Gasteiger partial charge on any atom is -0.382 e. The van der Waals surface area contributed by atoms with Crippen molar-refractivity contribution in [2.24, 2.45) is 0 Å². The fraction of sp³-hybridized carbons (Fsp3) is 0.303. The van der Waals surface area contributed by atoms with Gasteiger partial charge in [0.1, 0.15) is 29.2 Å². The lowest BCUT2D eigenvalue weighted by molar-refractivity contribution is -0.185. The van der Waals surface area contributed by atoms with Crippen molar-refractivity contribution in [1.29, 1.82) is 0 Å². The van der Waals surface area contributed by atoms with Crippen LogP contribution in [0.25, 0.3) is 11.2 Å². The van der Waals surface area contributed by atoms with E-state index in [1.165, 1.54) is 6.33 Å². The van der Waals surface area contributed by atoms with Gasteiger partial charge < -0.3 is 24.5 Å². The van der Waals surface area contributed by atoms with Crippen molar-refractivity contribution in [3.63, 3.8) is 0 Å². The molecular formula is C33H33N5O3. The number of aromatic nitrogens is 4. The van der Waals surface area contributed by atoms with E-state index >= 15 is 0 Å². The molecule has 3 aromatic carbocycles. The zero-order chi connectivity index (χ0) is 28.1. The smallest absolute Gasteiger partial charge is 0.165 e. The van der Waals surface area contributed by atoms with E-state index in [1.807, 2.05) is 32.0 Å². The van der Waals surface area contributed by atoms with Gasteiger partial charge in [0.2, 0.25) is 0 Å². The maximum Gasteiger partial charge on any atom is 0.165 e. The van der Waals surface area contributed by atoms with Crippen LogP contribution in [0, 0.1) is 0 Å². The van der Waals surface area contributed by atoms with Crippen LogP contribution < -0.4 is 5.73 Å². The van der Waals surface area contributed by atoms with Gasteiger partial charge in [-0.1, -0.05) is 91.0 Å². The van der Waals surface area contributed by atoms with Crippen molar-refractivity contribution in [3.05, 3.63) is 120 Å². The molecule has 208 valence electrons. The average molecular weight is 548 g/mol. The molecule has 1 saturated carbocycles. The van der Waals surface area contributed by atoms with Crippen LogP contribution in [0.5, 0.6) is 0 Å². The molecule has 1 aliphatic carbocycles. The van der Waals surface area contributed by atoms with E-state index in [9.17, 15) is 0 Å². The molecular weight excluding hydrogens is 514 g/mol. The largest absolute Gasteiger partial charge is 0.382 e. The summed E-state index contributed by atoms with van der Waals surface area (Å²) in [4.78, 5) is 13.1. The van der Waals surface area contributed by atoms with Gasteiger partial charge in [-0.05, 0) is 43.4 Å². The van der Waals surface area contributed by atoms with Crippen molar-refractivity contribution in [2.45, 2.75) is 55.8 Å². The first kappa shape index (κ1) is 25.8. The Morgan fingerprint density at radius 3 is 2.05 bits per heavy atom. The third-order valence-corrected chi connectivity index (χ3v) is 8.41. The summed E-state index contributed by atoms with van der Waals surface area (Å²) < 4.78 is 22.8. The molecule has 0 spiro atoms. The van der Waals surface area contributed by atoms with Crippen LogP contribution in [-0.4, -0.2) is 43.6 Å². The molecule has 0 bridgehead atoms. The zero-order valence-electron chi connectivity index (χ0n) is 23.2. The minimum absolute atomic E-state index is 0.0562. The van der Waals surface area contributed by atoms with Gasteiger partial charge in [-0.2, -0.15) is 0 Å². The zero-order valence-corrected chi connectivity index (χ0v) is 23.2. The molecule has 0 amide bonds. The average Bonchev–Trinajstić information content (AvgIpc) is 3.65. The fourth-order valence-electron chi connectivity index (χ4n) is 6.73. The van der Waals surface area contributed by atoms with Crippen molar-refractivity contribution >= 4 is 17.0 Å². The van der Waals surface area contributed by atoms with Gasteiger partial charge in [-0.15, -0.1) is 0 Å². The molecule has 8 heteroatoms. The molecule has 2 aromatic heterocycles. The lowest BCUT2D eigenvalue weighted by Crippen LogP contribution is -2.46. The third-order valence-electron chi connectivity index (χ3n) is 8.41. The molecule has 0 unspecified atom stereocenters. The van der Waals surface area contributed by atoms with Crippen molar-refractivity contribution in [2.75, 3.05) is 12.3 Å². The van der Waals surface area contributed by atoms with Crippen LogP contribution in [0.1, 0.15) is 49.4 Å². The maximum atomic E-state index is 7.27. The van der Waals surface area contributed by atoms with E-state index in [0.717, 1.165) is 29.5 Å². The Bertz CT molecular complexity index is 1560. The highest BCUT2D eigenvalue weighted by Crippen LogP contribution is 2.53. The molecule has 3 heterocycles. The van der Waals surface area contributed by atoms with Crippen molar-refractivity contribution in [3.8, 4) is 0 Å². The summed E-state index contributed by atoms with van der Waals surface area (Å²) in [6.45, 7) is 4.25. The van der Waals surface area contributed by atoms with Crippen LogP contribution >= 0.6 is 0 Å². The number of rotatable bonds is 7. The van der Waals surface area contributed by atoms with Crippen LogP contribution in [0.4, 0.5) is 5.82 Å². The fourth-order valence-corrected chi connectivity index (χ4v) is 6.73. The maximum absolute atomic E-state index is 7.27. The normalized spacial score (nSPS) is 23.6. The van der Waals surface area contributed by atoms with E-state index in [0.29, 0.717) is 23.6 Å². The summed E-state index contributed by atoms with van der Waals surface area (Å²) in [5, 5.41) is 0. The van der Waals surface area contributed by atoms with Crippen LogP contribution in [0.3, 0.4) is 0 Å². The number of fused-ring (bicyclic) bond motifs is 2.